The number of hydrogen-bond donors (Lipinski definition) is 0. The molecule has 1 aliphatic rings. The second-order valence-corrected chi connectivity index (χ2v) is 5.44. The molecule has 0 fully saturated rings. The average Bonchev–Trinajstić information content (AvgIpc) is 2.70. The van der Waals surface area contributed by atoms with Crippen LogP contribution in [0.4, 0.5) is 5.69 Å². The first kappa shape index (κ1) is 12.9. The van der Waals surface area contributed by atoms with Crippen molar-refractivity contribution in [1.82, 2.24) is 0 Å². The first-order valence-electron chi connectivity index (χ1n) is 7.15. The molecule has 20 heavy (non-hydrogen) atoms. The van der Waals surface area contributed by atoms with E-state index >= 15 is 0 Å². The van der Waals surface area contributed by atoms with Gasteiger partial charge in [0.1, 0.15) is 0 Å². The van der Waals surface area contributed by atoms with E-state index in [4.69, 9.17) is 0 Å². The third kappa shape index (κ3) is 2.46. The Labute approximate surface area is 120 Å². The number of anilines is 1. The van der Waals surface area contributed by atoms with Gasteiger partial charge in [0.05, 0.1) is 0 Å². The summed E-state index contributed by atoms with van der Waals surface area (Å²) in [6.45, 7) is 3.97. The molecule has 0 saturated heterocycles. The molecule has 0 atom stereocenters. The van der Waals surface area contributed by atoms with E-state index < -0.39 is 0 Å². The molecule has 1 heterocycles. The van der Waals surface area contributed by atoms with Gasteiger partial charge in [-0.05, 0) is 43.0 Å². The summed E-state index contributed by atoms with van der Waals surface area (Å²) in [6, 6.07) is 14.8. The number of nitrogens with zero attached hydrogens (tertiary/aromatic N) is 1. The van der Waals surface area contributed by atoms with Crippen LogP contribution in [0, 0.1) is 6.92 Å². The van der Waals surface area contributed by atoms with Gasteiger partial charge in [0.2, 0.25) is 0 Å². The van der Waals surface area contributed by atoms with Gasteiger partial charge in [-0.15, -0.1) is 0 Å². The quantitative estimate of drug-likeness (QED) is 0.776. The van der Waals surface area contributed by atoms with Crippen molar-refractivity contribution in [3.63, 3.8) is 0 Å². The van der Waals surface area contributed by atoms with Crippen molar-refractivity contribution < 1.29 is 4.79 Å². The Balaban J connectivity index is 1.89. The Morgan fingerprint density at radius 3 is 2.25 bits per heavy atom. The molecule has 2 nitrogen and oxygen atoms in total. The van der Waals surface area contributed by atoms with Gasteiger partial charge in [-0.1, -0.05) is 35.9 Å². The fourth-order valence-corrected chi connectivity index (χ4v) is 2.97. The van der Waals surface area contributed by atoms with Crippen molar-refractivity contribution >= 4 is 12.0 Å². The van der Waals surface area contributed by atoms with Gasteiger partial charge in [-0.25, -0.2) is 0 Å². The summed E-state index contributed by atoms with van der Waals surface area (Å²) in [7, 11) is 0. The van der Waals surface area contributed by atoms with E-state index in [1.165, 1.54) is 11.1 Å². The van der Waals surface area contributed by atoms with Crippen LogP contribution in [0.3, 0.4) is 0 Å². The average molecular weight is 265 g/mol. The highest BCUT2D eigenvalue weighted by Crippen LogP contribution is 2.24. The van der Waals surface area contributed by atoms with E-state index in [1.54, 1.807) is 0 Å². The maximum Gasteiger partial charge on any atom is 0.152 e. The van der Waals surface area contributed by atoms with Crippen LogP contribution >= 0.6 is 0 Å². The molecular weight excluding hydrogens is 246 g/mol. The number of carbonyl (C=O) groups excluding carboxylic acids is 1. The summed E-state index contributed by atoms with van der Waals surface area (Å²) in [4.78, 5) is 13.6. The van der Waals surface area contributed by atoms with Crippen LogP contribution in [0.5, 0.6) is 0 Å². The normalized spacial score (nSPS) is 14.6. The fraction of sp³-hybridized carbons (Fsp3) is 0.278. The molecule has 0 bridgehead atoms. The van der Waals surface area contributed by atoms with E-state index in [0.29, 0.717) is 0 Å². The van der Waals surface area contributed by atoms with Crippen molar-refractivity contribution in [3.8, 4) is 0 Å². The van der Waals surface area contributed by atoms with Crippen LogP contribution in [0.1, 0.15) is 27.0 Å². The second kappa shape index (κ2) is 5.49. The fourth-order valence-electron chi connectivity index (χ4n) is 2.97. The summed E-state index contributed by atoms with van der Waals surface area (Å²) in [6.07, 6.45) is 3.06. The molecule has 0 spiro atoms. The lowest BCUT2D eigenvalue weighted by atomic mass is 10.0. The van der Waals surface area contributed by atoms with E-state index in [9.17, 15) is 4.79 Å². The number of carbonyl (C=O) groups is 1. The predicted octanol–water partition coefficient (Wildman–Crippen LogP) is 3.41. The summed E-state index contributed by atoms with van der Waals surface area (Å²) in [5, 5.41) is 0. The van der Waals surface area contributed by atoms with E-state index in [-0.39, 0.29) is 0 Å². The smallest absolute Gasteiger partial charge is 0.152 e. The molecule has 102 valence electrons. The highest BCUT2D eigenvalue weighted by Gasteiger charge is 2.16. The summed E-state index contributed by atoms with van der Waals surface area (Å²) >= 11 is 0. The zero-order chi connectivity index (χ0) is 13.9. The highest BCUT2D eigenvalue weighted by atomic mass is 16.1. The molecule has 2 heteroatoms. The summed E-state index contributed by atoms with van der Waals surface area (Å²) in [5.41, 5.74) is 5.88. The van der Waals surface area contributed by atoms with Crippen molar-refractivity contribution in [2.45, 2.75) is 19.8 Å². The minimum absolute atomic E-state index is 0.802. The molecule has 3 rings (SSSR count). The van der Waals surface area contributed by atoms with Gasteiger partial charge in [0, 0.05) is 24.3 Å². The number of fused-ring (bicyclic) bond motifs is 1. The van der Waals surface area contributed by atoms with Crippen molar-refractivity contribution in [2.75, 3.05) is 18.0 Å². The largest absolute Gasteiger partial charge is 0.370 e. The van der Waals surface area contributed by atoms with E-state index in [0.717, 1.165) is 49.0 Å². The van der Waals surface area contributed by atoms with Crippen LogP contribution in [-0.2, 0) is 12.8 Å². The topological polar surface area (TPSA) is 20.3 Å². The van der Waals surface area contributed by atoms with Crippen LogP contribution < -0.4 is 4.90 Å². The van der Waals surface area contributed by atoms with Gasteiger partial charge in [0.15, 0.2) is 6.29 Å². The van der Waals surface area contributed by atoms with Crippen molar-refractivity contribution in [3.05, 3.63) is 64.7 Å². The number of aryl methyl sites for hydroxylation is 1. The first-order valence-corrected chi connectivity index (χ1v) is 7.15. The lowest BCUT2D eigenvalue weighted by molar-refractivity contribution is 0.112. The number of rotatable bonds is 2. The molecule has 0 N–H and O–H groups in total. The molecule has 1 aliphatic heterocycles. The minimum Gasteiger partial charge on any atom is -0.370 e. The lowest BCUT2D eigenvalue weighted by Crippen LogP contribution is -2.27. The minimum atomic E-state index is 0.802. The monoisotopic (exact) mass is 265 g/mol. The number of hydrogen-bond acceptors (Lipinski definition) is 2. The highest BCUT2D eigenvalue weighted by molar-refractivity contribution is 5.85. The molecule has 0 amide bonds. The molecule has 2 aromatic carbocycles. The Bertz CT molecular complexity index is 606. The van der Waals surface area contributed by atoms with Crippen molar-refractivity contribution in [2.24, 2.45) is 0 Å². The Morgan fingerprint density at radius 2 is 1.65 bits per heavy atom. The van der Waals surface area contributed by atoms with E-state index in [1.807, 2.05) is 13.0 Å². The third-order valence-corrected chi connectivity index (χ3v) is 4.07. The molecule has 2 aromatic rings. The molecule has 0 aromatic heterocycles. The second-order valence-electron chi connectivity index (χ2n) is 5.44. The van der Waals surface area contributed by atoms with Gasteiger partial charge in [0.25, 0.3) is 0 Å². The Kier molecular flexibility index (Phi) is 3.55. The maximum atomic E-state index is 11.3. The molecule has 0 aliphatic carbocycles. The lowest BCUT2D eigenvalue weighted by Gasteiger charge is -2.24. The molecule has 0 unspecified atom stereocenters. The molecule has 0 radical (unpaired) electrons. The van der Waals surface area contributed by atoms with Gasteiger partial charge >= 0.3 is 0 Å². The zero-order valence-electron chi connectivity index (χ0n) is 11.8. The predicted molar refractivity (Wildman–Crippen MR) is 82.6 cm³/mol. The van der Waals surface area contributed by atoms with Gasteiger partial charge in [-0.2, -0.15) is 0 Å². The summed E-state index contributed by atoms with van der Waals surface area (Å²) < 4.78 is 0. The number of benzene rings is 2. The SMILES string of the molecule is Cc1ccc(N2CCc3ccccc3CC2)c(C=O)c1. The van der Waals surface area contributed by atoms with Gasteiger partial charge < -0.3 is 4.90 Å². The standard InChI is InChI=1S/C18H19NO/c1-14-6-7-18(17(12-14)13-20)19-10-8-15-4-2-3-5-16(15)9-11-19/h2-7,12-13H,8-11H2,1H3. The summed E-state index contributed by atoms with van der Waals surface area (Å²) in [5.74, 6) is 0. The van der Waals surface area contributed by atoms with Crippen LogP contribution in [0.25, 0.3) is 0 Å². The van der Waals surface area contributed by atoms with Gasteiger partial charge in [-0.3, -0.25) is 4.79 Å². The Hall–Kier alpha value is -2.09. The first-order chi connectivity index (χ1) is 9.78. The van der Waals surface area contributed by atoms with Crippen molar-refractivity contribution in [1.29, 1.82) is 0 Å². The van der Waals surface area contributed by atoms with Crippen LogP contribution in [0.15, 0.2) is 42.5 Å². The van der Waals surface area contributed by atoms with Crippen LogP contribution in [-0.4, -0.2) is 19.4 Å². The molecular formula is C18H19NO. The number of aldehydes is 1. The Morgan fingerprint density at radius 1 is 1.00 bits per heavy atom. The molecule has 0 saturated carbocycles. The third-order valence-electron chi connectivity index (χ3n) is 4.07. The van der Waals surface area contributed by atoms with Crippen LogP contribution in [0.2, 0.25) is 0 Å². The zero-order valence-corrected chi connectivity index (χ0v) is 11.8. The maximum absolute atomic E-state index is 11.3. The van der Waals surface area contributed by atoms with E-state index in [2.05, 4.69) is 41.3 Å².